The van der Waals surface area contributed by atoms with Gasteiger partial charge in [0, 0.05) is 92.3 Å². The number of thiazole rings is 1. The van der Waals surface area contributed by atoms with Crippen LogP contribution >= 0.6 is 11.3 Å². The Hall–Kier alpha value is -5.63. The molecule has 0 spiro atoms. The Morgan fingerprint density at radius 2 is 1.91 bits per heavy atom. The van der Waals surface area contributed by atoms with Gasteiger partial charge in [0.15, 0.2) is 0 Å². The molecule has 65 heavy (non-hydrogen) atoms. The van der Waals surface area contributed by atoms with Crippen LogP contribution in [0.2, 0.25) is 0 Å². The Bertz CT molecular complexity index is 2450. The normalized spacial score (nSPS) is 17.9. The second kappa shape index (κ2) is 21.1. The van der Waals surface area contributed by atoms with Gasteiger partial charge in [0.2, 0.25) is 11.8 Å². The van der Waals surface area contributed by atoms with Crippen LogP contribution in [0.3, 0.4) is 0 Å². The number of benzene rings is 1. The molecule has 2 aliphatic heterocycles. The lowest BCUT2D eigenvalue weighted by molar-refractivity contribution is -0.146. The van der Waals surface area contributed by atoms with Crippen molar-refractivity contribution >= 4 is 52.3 Å². The summed E-state index contributed by atoms with van der Waals surface area (Å²) in [6, 6.07) is 8.49. The van der Waals surface area contributed by atoms with Gasteiger partial charge >= 0.3 is 0 Å². The zero-order valence-electron chi connectivity index (χ0n) is 39.4. The number of hydrogen-bond acceptors (Lipinski definition) is 11. The SMILES string of the molecule is CC#CC(=O)N1CC[C@H](C(=O)N(C)[C@H](C(=O)N[C@@H](Cc2nc(-c3ccc4c(c3)c(CC(C)(C)COC=O)c(-c3cccnc3[C@H](C)OC)n4C)cs2)C(=O)N2CCC[C@@H](C)N2)C(C)C)C1. The lowest BCUT2D eigenvalue weighted by atomic mass is 9.84. The third-order valence-corrected chi connectivity index (χ3v) is 13.4. The van der Waals surface area contributed by atoms with Crippen molar-refractivity contribution in [2.45, 2.75) is 105 Å². The molecule has 348 valence electrons. The number of methoxy groups -OCH3 is 1. The molecular weight excluding hydrogens is 845 g/mol. The zero-order chi connectivity index (χ0) is 47.2. The van der Waals surface area contributed by atoms with Crippen LogP contribution in [0.4, 0.5) is 0 Å². The number of ether oxygens (including phenoxy) is 2. The Balaban J connectivity index is 1.32. The van der Waals surface area contributed by atoms with Gasteiger partial charge in [-0.15, -0.1) is 11.3 Å². The number of likely N-dealkylation sites (N-methyl/N-ethyl adjacent to an activating group) is 1. The summed E-state index contributed by atoms with van der Waals surface area (Å²) >= 11 is 1.42. The van der Waals surface area contributed by atoms with Gasteiger partial charge in [-0.3, -0.25) is 34.0 Å². The Kier molecular flexibility index (Phi) is 15.9. The first kappa shape index (κ1) is 48.8. The van der Waals surface area contributed by atoms with Gasteiger partial charge in [0.05, 0.1) is 40.7 Å². The molecule has 5 heterocycles. The molecule has 1 aromatic carbocycles. The van der Waals surface area contributed by atoms with Crippen molar-refractivity contribution in [3.63, 3.8) is 0 Å². The van der Waals surface area contributed by atoms with Crippen molar-refractivity contribution in [1.29, 1.82) is 0 Å². The van der Waals surface area contributed by atoms with Crippen molar-refractivity contribution in [1.82, 2.24) is 40.1 Å². The maximum atomic E-state index is 14.4. The van der Waals surface area contributed by atoms with Gasteiger partial charge < -0.3 is 29.2 Å². The predicted molar refractivity (Wildman–Crippen MR) is 251 cm³/mol. The summed E-state index contributed by atoms with van der Waals surface area (Å²) in [5, 5.41) is 8.31. The minimum absolute atomic E-state index is 0.0819. The second-order valence-corrected chi connectivity index (χ2v) is 19.4. The second-order valence-electron chi connectivity index (χ2n) is 18.5. The molecule has 4 aromatic rings. The standard InChI is InChI=1S/C49H64N8O7S/c1-11-14-42(59)56-22-19-34(26-56)47(61)55(9)44(30(2)3)46(60)52-38(48(62)57-21-13-15-31(4)53-57)24-41-51-39(27-65-41)33-17-18-40-36(23-33)37(25-49(6,7)28-64-29-58)45(54(40)8)35-16-12-20-50-43(35)32(5)63-10/h12,16-18,20,23,27,29-32,34,38,44,53H,13,15,19,21-22,24-26,28H2,1-10H3,(H,52,60)/t31-,32+,34+,38+,44+/m1/s1. The quantitative estimate of drug-likeness (QED) is 0.0990. The number of carbonyl (C=O) groups excluding carboxylic acids is 5. The molecule has 6 rings (SSSR count). The molecule has 3 aromatic heterocycles. The van der Waals surface area contributed by atoms with Crippen LogP contribution in [0.15, 0.2) is 41.9 Å². The molecular formula is C49H64N8O7S. The number of hydrazine groups is 1. The minimum atomic E-state index is -0.971. The van der Waals surface area contributed by atoms with E-state index >= 15 is 0 Å². The highest BCUT2D eigenvalue weighted by Gasteiger charge is 2.39. The highest BCUT2D eigenvalue weighted by Crippen LogP contribution is 2.41. The third-order valence-electron chi connectivity index (χ3n) is 12.6. The third kappa shape index (κ3) is 11.1. The van der Waals surface area contributed by atoms with Gasteiger partial charge in [-0.05, 0) is 88.1 Å². The number of nitrogens with zero attached hydrogens (tertiary/aromatic N) is 6. The molecule has 0 aliphatic carbocycles. The molecule has 0 saturated carbocycles. The van der Waals surface area contributed by atoms with Crippen LogP contribution in [0, 0.1) is 29.1 Å². The van der Waals surface area contributed by atoms with Crippen LogP contribution in [0.1, 0.15) is 90.1 Å². The van der Waals surface area contributed by atoms with E-state index in [1.54, 1.807) is 37.2 Å². The number of aryl methyl sites for hydroxylation is 1. The molecule has 0 bridgehead atoms. The van der Waals surface area contributed by atoms with Gasteiger partial charge in [0.1, 0.15) is 12.1 Å². The average molecular weight is 909 g/mol. The van der Waals surface area contributed by atoms with Crippen molar-refractivity contribution in [2.75, 3.05) is 40.4 Å². The molecule has 4 amide bonds. The van der Waals surface area contributed by atoms with E-state index in [9.17, 15) is 24.0 Å². The summed E-state index contributed by atoms with van der Waals surface area (Å²) in [6.45, 7) is 15.4. The lowest BCUT2D eigenvalue weighted by Gasteiger charge is -2.36. The van der Waals surface area contributed by atoms with Crippen molar-refractivity contribution < 1.29 is 33.4 Å². The largest absolute Gasteiger partial charge is 0.467 e. The van der Waals surface area contributed by atoms with Crippen LogP contribution in [-0.2, 0) is 53.3 Å². The lowest BCUT2D eigenvalue weighted by Crippen LogP contribution is -2.60. The molecule has 2 fully saturated rings. The molecule has 0 radical (unpaired) electrons. The van der Waals surface area contributed by atoms with Crippen molar-refractivity contribution in [2.24, 2.45) is 24.3 Å². The van der Waals surface area contributed by atoms with Gasteiger partial charge in [0.25, 0.3) is 18.3 Å². The molecule has 16 heteroatoms. The van der Waals surface area contributed by atoms with Gasteiger partial charge in [-0.25, -0.2) is 10.4 Å². The zero-order valence-corrected chi connectivity index (χ0v) is 40.2. The number of carbonyl (C=O) groups is 5. The topological polar surface area (TPSA) is 168 Å². The summed E-state index contributed by atoms with van der Waals surface area (Å²) in [7, 11) is 5.33. The number of pyridine rings is 1. The summed E-state index contributed by atoms with van der Waals surface area (Å²) < 4.78 is 13.2. The maximum Gasteiger partial charge on any atom is 0.298 e. The number of aromatic nitrogens is 3. The maximum absolute atomic E-state index is 14.4. The fourth-order valence-corrected chi connectivity index (χ4v) is 10.1. The van der Waals surface area contributed by atoms with E-state index in [1.165, 1.54) is 16.2 Å². The average Bonchev–Trinajstić information content (AvgIpc) is 4.03. The first-order valence-corrected chi connectivity index (χ1v) is 23.3. The number of rotatable bonds is 17. The first-order valence-electron chi connectivity index (χ1n) is 22.4. The summed E-state index contributed by atoms with van der Waals surface area (Å²) in [6.07, 6.45) is 4.45. The van der Waals surface area contributed by atoms with Gasteiger partial charge in [-0.2, -0.15) is 0 Å². The number of likely N-dealkylation sites (tertiary alicyclic amines) is 1. The summed E-state index contributed by atoms with van der Waals surface area (Å²) in [4.78, 5) is 79.2. The highest BCUT2D eigenvalue weighted by molar-refractivity contribution is 7.10. The number of nitrogens with one attached hydrogen (secondary N) is 2. The van der Waals surface area contributed by atoms with Crippen molar-refractivity contribution in [3.05, 3.63) is 58.2 Å². The monoisotopic (exact) mass is 908 g/mol. The number of amides is 4. The van der Waals surface area contributed by atoms with E-state index in [4.69, 9.17) is 19.4 Å². The van der Waals surface area contributed by atoms with E-state index in [1.807, 2.05) is 52.3 Å². The van der Waals surface area contributed by atoms with Crippen molar-refractivity contribution in [3.8, 4) is 34.4 Å². The van der Waals surface area contributed by atoms with Crippen LogP contribution in [0.25, 0.3) is 33.4 Å². The number of fused-ring (bicyclic) bond motifs is 1. The van der Waals surface area contributed by atoms with E-state index in [-0.39, 0.29) is 55.4 Å². The van der Waals surface area contributed by atoms with E-state index < -0.39 is 29.3 Å². The van der Waals surface area contributed by atoms with Crippen LogP contribution < -0.4 is 10.7 Å². The smallest absolute Gasteiger partial charge is 0.298 e. The van der Waals surface area contributed by atoms with E-state index in [0.717, 1.165) is 57.5 Å². The van der Waals surface area contributed by atoms with Crippen LogP contribution in [-0.4, -0.2) is 118 Å². The summed E-state index contributed by atoms with van der Waals surface area (Å²) in [5.74, 6) is 3.18. The Morgan fingerprint density at radius 1 is 1.14 bits per heavy atom. The number of hydrogen-bond donors (Lipinski definition) is 2. The minimum Gasteiger partial charge on any atom is -0.467 e. The molecule has 0 unspecified atom stereocenters. The van der Waals surface area contributed by atoms with Gasteiger partial charge in [-0.1, -0.05) is 39.7 Å². The highest BCUT2D eigenvalue weighted by atomic mass is 32.1. The molecule has 5 atom stereocenters. The first-order chi connectivity index (χ1) is 31.0. The Labute approximate surface area is 386 Å². The van der Waals surface area contributed by atoms with E-state index in [0.29, 0.717) is 37.4 Å². The molecule has 2 aliphatic rings. The Morgan fingerprint density at radius 3 is 2.60 bits per heavy atom. The molecule has 2 saturated heterocycles. The fraction of sp³-hybridized carbons (Fsp3) is 0.531. The summed E-state index contributed by atoms with van der Waals surface area (Å²) in [5.41, 5.74) is 9.32. The fourth-order valence-electron chi connectivity index (χ4n) is 9.21. The molecule has 2 N–H and O–H groups in total. The molecule has 15 nitrogen and oxygen atoms in total. The van der Waals surface area contributed by atoms with Crippen LogP contribution in [0.5, 0.6) is 0 Å². The predicted octanol–water partition coefficient (Wildman–Crippen LogP) is 5.71. The van der Waals surface area contributed by atoms with E-state index in [2.05, 4.69) is 59.2 Å².